The number of amides is 2. The lowest BCUT2D eigenvalue weighted by Crippen LogP contribution is -2.39. The Labute approximate surface area is 164 Å². The van der Waals surface area contributed by atoms with E-state index >= 15 is 0 Å². The first-order chi connectivity index (χ1) is 13.1. The van der Waals surface area contributed by atoms with Gasteiger partial charge >= 0.3 is 0 Å². The van der Waals surface area contributed by atoms with E-state index in [0.717, 1.165) is 32.4 Å². The SMILES string of the molecule is O=C(c1ccc(Cl)cc1N1CCCC1=O)N1CCC(c2ccccc2)CC1. The summed E-state index contributed by atoms with van der Waals surface area (Å²) in [6.45, 7) is 2.11. The highest BCUT2D eigenvalue weighted by Gasteiger charge is 2.30. The fraction of sp³-hybridized carbons (Fsp3) is 0.364. The van der Waals surface area contributed by atoms with Crippen LogP contribution in [0, 0.1) is 0 Å². The number of hydrogen-bond acceptors (Lipinski definition) is 2. The second kappa shape index (κ2) is 7.73. The van der Waals surface area contributed by atoms with Crippen molar-refractivity contribution in [3.05, 3.63) is 64.7 Å². The molecule has 0 atom stereocenters. The van der Waals surface area contributed by atoms with Crippen molar-refractivity contribution in [3.8, 4) is 0 Å². The number of benzene rings is 2. The first kappa shape index (κ1) is 18.1. The van der Waals surface area contributed by atoms with E-state index in [1.54, 1.807) is 23.1 Å². The molecule has 2 aliphatic rings. The zero-order valence-electron chi connectivity index (χ0n) is 15.2. The average molecular weight is 383 g/mol. The van der Waals surface area contributed by atoms with Crippen LogP contribution in [-0.2, 0) is 4.79 Å². The largest absolute Gasteiger partial charge is 0.339 e. The van der Waals surface area contributed by atoms with Crippen LogP contribution < -0.4 is 4.90 Å². The summed E-state index contributed by atoms with van der Waals surface area (Å²) in [4.78, 5) is 29.0. The summed E-state index contributed by atoms with van der Waals surface area (Å²) in [5.41, 5.74) is 2.58. The Morgan fingerprint density at radius 2 is 1.74 bits per heavy atom. The average Bonchev–Trinajstić information content (AvgIpc) is 3.14. The molecular formula is C22H23ClN2O2. The normalized spacial score (nSPS) is 18.2. The quantitative estimate of drug-likeness (QED) is 0.784. The smallest absolute Gasteiger partial charge is 0.255 e. The van der Waals surface area contributed by atoms with Crippen LogP contribution in [0.25, 0.3) is 0 Å². The Balaban J connectivity index is 1.51. The molecule has 4 nitrogen and oxygen atoms in total. The number of piperidine rings is 1. The van der Waals surface area contributed by atoms with Gasteiger partial charge in [0.2, 0.25) is 5.91 Å². The van der Waals surface area contributed by atoms with Crippen LogP contribution in [0.4, 0.5) is 5.69 Å². The molecule has 2 aromatic rings. The van der Waals surface area contributed by atoms with Crippen LogP contribution in [0.5, 0.6) is 0 Å². The van der Waals surface area contributed by atoms with Gasteiger partial charge in [-0.25, -0.2) is 0 Å². The number of nitrogens with zero attached hydrogens (tertiary/aromatic N) is 2. The lowest BCUT2D eigenvalue weighted by molar-refractivity contribution is -0.117. The third-order valence-electron chi connectivity index (χ3n) is 5.61. The third-order valence-corrected chi connectivity index (χ3v) is 5.84. The van der Waals surface area contributed by atoms with Gasteiger partial charge in [-0.1, -0.05) is 41.9 Å². The molecule has 5 heteroatoms. The van der Waals surface area contributed by atoms with E-state index in [2.05, 4.69) is 24.3 Å². The highest BCUT2D eigenvalue weighted by atomic mass is 35.5. The van der Waals surface area contributed by atoms with Crippen molar-refractivity contribution in [2.75, 3.05) is 24.5 Å². The standard InChI is InChI=1S/C22H23ClN2O2/c23-18-8-9-19(20(15-18)25-12-4-7-21(25)26)22(27)24-13-10-17(11-14-24)16-5-2-1-3-6-16/h1-3,5-6,8-9,15,17H,4,7,10-14H2. The van der Waals surface area contributed by atoms with Crippen molar-refractivity contribution in [3.63, 3.8) is 0 Å². The monoisotopic (exact) mass is 382 g/mol. The molecule has 2 amide bonds. The molecule has 2 fully saturated rings. The Kier molecular flexibility index (Phi) is 5.17. The van der Waals surface area contributed by atoms with Crippen molar-refractivity contribution in [2.24, 2.45) is 0 Å². The molecular weight excluding hydrogens is 360 g/mol. The van der Waals surface area contributed by atoms with Crippen LogP contribution in [0.1, 0.15) is 47.5 Å². The first-order valence-electron chi connectivity index (χ1n) is 9.57. The van der Waals surface area contributed by atoms with Gasteiger partial charge in [0.1, 0.15) is 0 Å². The van der Waals surface area contributed by atoms with Gasteiger partial charge in [0.15, 0.2) is 0 Å². The zero-order chi connectivity index (χ0) is 18.8. The lowest BCUT2D eigenvalue weighted by atomic mass is 9.89. The molecule has 0 saturated carbocycles. The molecule has 2 saturated heterocycles. The minimum Gasteiger partial charge on any atom is -0.339 e. The Bertz CT molecular complexity index is 845. The maximum atomic E-state index is 13.2. The topological polar surface area (TPSA) is 40.6 Å². The van der Waals surface area contributed by atoms with E-state index in [0.29, 0.717) is 35.2 Å². The van der Waals surface area contributed by atoms with Gasteiger partial charge in [0.05, 0.1) is 11.3 Å². The highest BCUT2D eigenvalue weighted by Crippen LogP contribution is 2.32. The van der Waals surface area contributed by atoms with Crippen molar-refractivity contribution in [1.82, 2.24) is 4.90 Å². The molecule has 0 aromatic heterocycles. The second-order valence-corrected chi connectivity index (χ2v) is 7.72. The molecule has 0 radical (unpaired) electrons. The maximum Gasteiger partial charge on any atom is 0.255 e. The summed E-state index contributed by atoms with van der Waals surface area (Å²) >= 11 is 6.16. The van der Waals surface area contributed by atoms with Gasteiger partial charge in [-0.05, 0) is 48.9 Å². The first-order valence-corrected chi connectivity index (χ1v) is 9.95. The minimum atomic E-state index is -0.00659. The van der Waals surface area contributed by atoms with Crippen LogP contribution in [0.15, 0.2) is 48.5 Å². The summed E-state index contributed by atoms with van der Waals surface area (Å²) in [5, 5.41) is 0.545. The number of hydrogen-bond donors (Lipinski definition) is 0. The van der Waals surface area contributed by atoms with Gasteiger partial charge in [-0.15, -0.1) is 0 Å². The predicted molar refractivity (Wildman–Crippen MR) is 107 cm³/mol. The van der Waals surface area contributed by atoms with E-state index in [1.165, 1.54) is 5.56 Å². The van der Waals surface area contributed by atoms with Crippen molar-refractivity contribution in [2.45, 2.75) is 31.6 Å². The second-order valence-electron chi connectivity index (χ2n) is 7.29. The Morgan fingerprint density at radius 1 is 1.00 bits per heavy atom. The Morgan fingerprint density at radius 3 is 2.41 bits per heavy atom. The number of carbonyl (C=O) groups is 2. The molecule has 27 heavy (non-hydrogen) atoms. The van der Waals surface area contributed by atoms with E-state index < -0.39 is 0 Å². The molecule has 2 heterocycles. The highest BCUT2D eigenvalue weighted by molar-refractivity contribution is 6.31. The van der Waals surface area contributed by atoms with Gasteiger partial charge in [0.25, 0.3) is 5.91 Å². The van der Waals surface area contributed by atoms with Crippen molar-refractivity contribution in [1.29, 1.82) is 0 Å². The van der Waals surface area contributed by atoms with Gasteiger partial charge in [-0.3, -0.25) is 9.59 Å². The molecule has 0 aliphatic carbocycles. The molecule has 2 aliphatic heterocycles. The van der Waals surface area contributed by atoms with E-state index in [1.807, 2.05) is 11.0 Å². The van der Waals surface area contributed by atoms with Crippen LogP contribution in [0.2, 0.25) is 5.02 Å². The van der Waals surface area contributed by atoms with E-state index in [-0.39, 0.29) is 11.8 Å². The van der Waals surface area contributed by atoms with Crippen molar-refractivity contribution < 1.29 is 9.59 Å². The summed E-state index contributed by atoms with van der Waals surface area (Å²) in [6.07, 6.45) is 3.27. The summed E-state index contributed by atoms with van der Waals surface area (Å²) < 4.78 is 0. The van der Waals surface area contributed by atoms with Gasteiger partial charge in [-0.2, -0.15) is 0 Å². The van der Waals surface area contributed by atoms with Gasteiger partial charge < -0.3 is 9.80 Å². The van der Waals surface area contributed by atoms with Crippen LogP contribution in [0.3, 0.4) is 0 Å². The molecule has 4 rings (SSSR count). The fourth-order valence-electron chi connectivity index (χ4n) is 4.12. The summed E-state index contributed by atoms with van der Waals surface area (Å²) in [6, 6.07) is 15.7. The summed E-state index contributed by atoms with van der Waals surface area (Å²) in [5.74, 6) is 0.557. The van der Waals surface area contributed by atoms with E-state index in [4.69, 9.17) is 11.6 Å². The molecule has 0 bridgehead atoms. The molecule has 0 unspecified atom stereocenters. The zero-order valence-corrected chi connectivity index (χ0v) is 16.0. The lowest BCUT2D eigenvalue weighted by Gasteiger charge is -2.33. The van der Waals surface area contributed by atoms with Crippen molar-refractivity contribution >= 4 is 29.1 Å². The number of rotatable bonds is 3. The maximum absolute atomic E-state index is 13.2. The molecule has 0 N–H and O–H groups in total. The number of anilines is 1. The molecule has 2 aromatic carbocycles. The van der Waals surface area contributed by atoms with Crippen LogP contribution >= 0.6 is 11.6 Å². The number of likely N-dealkylation sites (tertiary alicyclic amines) is 1. The Hall–Kier alpha value is -2.33. The molecule has 140 valence electrons. The number of carbonyl (C=O) groups excluding carboxylic acids is 2. The predicted octanol–water partition coefficient (Wildman–Crippen LogP) is 4.49. The third kappa shape index (κ3) is 3.72. The van der Waals surface area contributed by atoms with Crippen LogP contribution in [-0.4, -0.2) is 36.3 Å². The summed E-state index contributed by atoms with van der Waals surface area (Å²) in [7, 11) is 0. The number of halogens is 1. The molecule has 0 spiro atoms. The minimum absolute atomic E-state index is 0.00659. The van der Waals surface area contributed by atoms with E-state index in [9.17, 15) is 9.59 Å². The fourth-order valence-corrected chi connectivity index (χ4v) is 4.29. The van der Waals surface area contributed by atoms with Gasteiger partial charge in [0, 0.05) is 31.1 Å².